The molecule has 1 aromatic heterocycles. The number of nitrogen functional groups attached to an aromatic ring is 1. The Balaban J connectivity index is 1.75. The number of aryl methyl sites for hydroxylation is 1. The number of nitrogens with zero attached hydrogens (tertiary/aromatic N) is 2. The monoisotopic (exact) mass is 305 g/mol. The average Bonchev–Trinajstić information content (AvgIpc) is 3.03. The molecule has 0 atom stereocenters. The standard InChI is InChI=1S/C14H15N3O3S/c1-8-12(21-14(15)16-8)13(18)17(2)6-9-3-4-10-11(5-9)20-7-19-10/h3-5H,6-7H2,1-2H3,(H2,15,16). The molecule has 3 rings (SSSR count). The van der Waals surface area contributed by atoms with E-state index in [1.807, 2.05) is 18.2 Å². The van der Waals surface area contributed by atoms with Crippen molar-refractivity contribution in [1.29, 1.82) is 0 Å². The van der Waals surface area contributed by atoms with E-state index < -0.39 is 0 Å². The molecule has 0 saturated carbocycles. The first-order valence-corrected chi connectivity index (χ1v) is 7.23. The maximum atomic E-state index is 12.4. The van der Waals surface area contributed by atoms with E-state index in [2.05, 4.69) is 4.98 Å². The van der Waals surface area contributed by atoms with E-state index in [0.717, 1.165) is 11.3 Å². The Morgan fingerprint density at radius 3 is 2.90 bits per heavy atom. The number of rotatable bonds is 3. The number of nitrogens with two attached hydrogens (primary N) is 1. The van der Waals surface area contributed by atoms with Gasteiger partial charge in [0.15, 0.2) is 16.6 Å². The minimum atomic E-state index is -0.0839. The third-order valence-corrected chi connectivity index (χ3v) is 4.19. The van der Waals surface area contributed by atoms with Crippen molar-refractivity contribution in [2.24, 2.45) is 0 Å². The number of fused-ring (bicyclic) bond motifs is 1. The number of hydrogen-bond donors (Lipinski definition) is 1. The van der Waals surface area contributed by atoms with Gasteiger partial charge in [-0.3, -0.25) is 4.79 Å². The largest absolute Gasteiger partial charge is 0.454 e. The van der Waals surface area contributed by atoms with Gasteiger partial charge in [-0.25, -0.2) is 4.98 Å². The normalized spacial score (nSPS) is 12.5. The summed E-state index contributed by atoms with van der Waals surface area (Å²) < 4.78 is 10.6. The highest BCUT2D eigenvalue weighted by Gasteiger charge is 2.19. The molecule has 1 aromatic carbocycles. The van der Waals surface area contributed by atoms with Crippen molar-refractivity contribution >= 4 is 22.4 Å². The van der Waals surface area contributed by atoms with Gasteiger partial charge in [-0.1, -0.05) is 17.4 Å². The molecular weight excluding hydrogens is 290 g/mol. The summed E-state index contributed by atoms with van der Waals surface area (Å²) in [5.41, 5.74) is 7.28. The summed E-state index contributed by atoms with van der Waals surface area (Å²) in [6.45, 7) is 2.51. The average molecular weight is 305 g/mol. The van der Waals surface area contributed by atoms with E-state index in [1.165, 1.54) is 11.3 Å². The van der Waals surface area contributed by atoms with Crippen LogP contribution in [-0.4, -0.2) is 29.6 Å². The van der Waals surface area contributed by atoms with Gasteiger partial charge in [0.1, 0.15) is 4.88 Å². The molecule has 2 heterocycles. The Hall–Kier alpha value is -2.28. The van der Waals surface area contributed by atoms with Crippen LogP contribution >= 0.6 is 11.3 Å². The molecule has 110 valence electrons. The zero-order chi connectivity index (χ0) is 15.0. The molecule has 0 spiro atoms. The Morgan fingerprint density at radius 1 is 1.43 bits per heavy atom. The number of carbonyl (C=O) groups is 1. The zero-order valence-electron chi connectivity index (χ0n) is 11.8. The fourth-order valence-electron chi connectivity index (χ4n) is 2.17. The summed E-state index contributed by atoms with van der Waals surface area (Å²) in [6.07, 6.45) is 0. The minimum absolute atomic E-state index is 0.0839. The molecule has 2 N–H and O–H groups in total. The first kappa shape index (κ1) is 13.7. The van der Waals surface area contributed by atoms with Crippen molar-refractivity contribution in [3.05, 3.63) is 34.3 Å². The van der Waals surface area contributed by atoms with Gasteiger partial charge in [0.25, 0.3) is 5.91 Å². The molecular formula is C14H15N3O3S. The lowest BCUT2D eigenvalue weighted by atomic mass is 10.2. The van der Waals surface area contributed by atoms with Crippen molar-refractivity contribution in [3.63, 3.8) is 0 Å². The van der Waals surface area contributed by atoms with Gasteiger partial charge in [-0.2, -0.15) is 0 Å². The van der Waals surface area contributed by atoms with Crippen molar-refractivity contribution in [3.8, 4) is 11.5 Å². The number of ether oxygens (including phenoxy) is 2. The van der Waals surface area contributed by atoms with E-state index in [1.54, 1.807) is 18.9 Å². The SMILES string of the molecule is Cc1nc(N)sc1C(=O)N(C)Cc1ccc2c(c1)OCO2. The molecule has 0 radical (unpaired) electrons. The Labute approximate surface area is 126 Å². The smallest absolute Gasteiger partial charge is 0.265 e. The van der Waals surface area contributed by atoms with Crippen LogP contribution in [-0.2, 0) is 6.54 Å². The van der Waals surface area contributed by atoms with Crippen LogP contribution in [0.3, 0.4) is 0 Å². The third kappa shape index (κ3) is 2.64. The second-order valence-corrected chi connectivity index (χ2v) is 5.85. The molecule has 0 unspecified atom stereocenters. The first-order valence-electron chi connectivity index (χ1n) is 6.41. The molecule has 0 saturated heterocycles. The lowest BCUT2D eigenvalue weighted by Crippen LogP contribution is -2.26. The van der Waals surface area contributed by atoms with E-state index in [-0.39, 0.29) is 12.7 Å². The summed E-state index contributed by atoms with van der Waals surface area (Å²) in [4.78, 5) is 18.7. The van der Waals surface area contributed by atoms with Gasteiger partial charge in [0.2, 0.25) is 6.79 Å². The number of anilines is 1. The Morgan fingerprint density at radius 2 is 2.19 bits per heavy atom. The van der Waals surface area contributed by atoms with Crippen molar-refractivity contribution < 1.29 is 14.3 Å². The van der Waals surface area contributed by atoms with Crippen LogP contribution in [0.1, 0.15) is 20.9 Å². The zero-order valence-corrected chi connectivity index (χ0v) is 12.6. The number of aromatic nitrogens is 1. The number of thiazole rings is 1. The number of benzene rings is 1. The maximum absolute atomic E-state index is 12.4. The summed E-state index contributed by atoms with van der Waals surface area (Å²) in [5, 5.41) is 0.410. The Kier molecular flexibility index (Phi) is 3.42. The number of carbonyl (C=O) groups excluding carboxylic acids is 1. The maximum Gasteiger partial charge on any atom is 0.265 e. The van der Waals surface area contributed by atoms with Gasteiger partial charge < -0.3 is 20.1 Å². The molecule has 0 aliphatic carbocycles. The topological polar surface area (TPSA) is 77.7 Å². The highest BCUT2D eigenvalue weighted by molar-refractivity contribution is 7.17. The van der Waals surface area contributed by atoms with Crippen LogP contribution in [0.2, 0.25) is 0 Å². The van der Waals surface area contributed by atoms with Crippen molar-refractivity contribution in [2.45, 2.75) is 13.5 Å². The van der Waals surface area contributed by atoms with Crippen LogP contribution in [0.5, 0.6) is 11.5 Å². The quantitative estimate of drug-likeness (QED) is 0.939. The molecule has 6 nitrogen and oxygen atoms in total. The van der Waals surface area contributed by atoms with Crippen LogP contribution in [0.25, 0.3) is 0 Å². The number of hydrogen-bond acceptors (Lipinski definition) is 6. The molecule has 0 bridgehead atoms. The van der Waals surface area contributed by atoms with Crippen LogP contribution in [0.4, 0.5) is 5.13 Å². The molecule has 1 aliphatic rings. The second kappa shape index (κ2) is 5.25. The van der Waals surface area contributed by atoms with Gasteiger partial charge in [-0.05, 0) is 24.6 Å². The summed E-state index contributed by atoms with van der Waals surface area (Å²) in [5.74, 6) is 1.37. The first-order chi connectivity index (χ1) is 10.0. The molecule has 7 heteroatoms. The van der Waals surface area contributed by atoms with Crippen molar-refractivity contribution in [1.82, 2.24) is 9.88 Å². The second-order valence-electron chi connectivity index (χ2n) is 4.82. The fourth-order valence-corrected chi connectivity index (χ4v) is 3.00. The van der Waals surface area contributed by atoms with E-state index >= 15 is 0 Å². The van der Waals surface area contributed by atoms with Crippen LogP contribution < -0.4 is 15.2 Å². The van der Waals surface area contributed by atoms with Gasteiger partial charge in [0.05, 0.1) is 5.69 Å². The molecule has 2 aromatic rings. The molecule has 1 aliphatic heterocycles. The highest BCUT2D eigenvalue weighted by atomic mass is 32.1. The number of amides is 1. The minimum Gasteiger partial charge on any atom is -0.454 e. The van der Waals surface area contributed by atoms with E-state index in [4.69, 9.17) is 15.2 Å². The lowest BCUT2D eigenvalue weighted by Gasteiger charge is -2.16. The van der Waals surface area contributed by atoms with E-state index in [0.29, 0.717) is 28.0 Å². The van der Waals surface area contributed by atoms with Gasteiger partial charge in [0, 0.05) is 13.6 Å². The van der Waals surface area contributed by atoms with Crippen molar-refractivity contribution in [2.75, 3.05) is 19.6 Å². The predicted molar refractivity (Wildman–Crippen MR) is 79.6 cm³/mol. The highest BCUT2D eigenvalue weighted by Crippen LogP contribution is 2.33. The Bertz CT molecular complexity index is 699. The molecule has 1 amide bonds. The third-order valence-electron chi connectivity index (χ3n) is 3.21. The molecule has 21 heavy (non-hydrogen) atoms. The lowest BCUT2D eigenvalue weighted by molar-refractivity contribution is 0.0789. The van der Waals surface area contributed by atoms with E-state index in [9.17, 15) is 4.79 Å². The van der Waals surface area contributed by atoms with Crippen LogP contribution in [0, 0.1) is 6.92 Å². The summed E-state index contributed by atoms with van der Waals surface area (Å²) >= 11 is 1.21. The molecule has 0 fully saturated rings. The summed E-state index contributed by atoms with van der Waals surface area (Å²) in [6, 6.07) is 5.66. The van der Waals surface area contributed by atoms with Gasteiger partial charge >= 0.3 is 0 Å². The predicted octanol–water partition coefficient (Wildman–Crippen LogP) is 2.03. The van der Waals surface area contributed by atoms with Gasteiger partial charge in [-0.15, -0.1) is 0 Å². The fraction of sp³-hybridized carbons (Fsp3) is 0.286. The van der Waals surface area contributed by atoms with Crippen LogP contribution in [0.15, 0.2) is 18.2 Å². The summed E-state index contributed by atoms with van der Waals surface area (Å²) in [7, 11) is 1.75.